The lowest BCUT2D eigenvalue weighted by molar-refractivity contribution is -0.139. The first kappa shape index (κ1) is 31.5. The van der Waals surface area contributed by atoms with E-state index in [4.69, 9.17) is 23.2 Å². The summed E-state index contributed by atoms with van der Waals surface area (Å²) in [5.74, 6) is -0.941. The van der Waals surface area contributed by atoms with E-state index in [0.29, 0.717) is 21.3 Å². The molecule has 3 rings (SSSR count). The summed E-state index contributed by atoms with van der Waals surface area (Å²) in [5, 5.41) is 3.41. The zero-order chi connectivity index (χ0) is 29.7. The van der Waals surface area contributed by atoms with Crippen LogP contribution in [0.15, 0.2) is 72.8 Å². The molecule has 10 heteroatoms. The molecule has 3 aromatic rings. The summed E-state index contributed by atoms with van der Waals surface area (Å²) in [5.41, 5.74) is 2.66. The Bertz CT molecular complexity index is 1440. The lowest BCUT2D eigenvalue weighted by atomic mass is 9.87. The standard InChI is InChI=1S/C30H35Cl2N3O4S/c1-30(2,3)23-12-15-25(16-13-23)35(40(5,38)39)20-28(36)34(19-22-11-14-24(31)18-26(22)32)27(29(37)33-4)17-21-9-7-6-8-10-21/h6-16,18,27H,17,19-20H2,1-5H3,(H,33,37)/t27-/m1/s1. The first-order valence-corrected chi connectivity index (χ1v) is 15.4. The van der Waals surface area contributed by atoms with Gasteiger partial charge in [-0.2, -0.15) is 0 Å². The van der Waals surface area contributed by atoms with Crippen LogP contribution >= 0.6 is 23.2 Å². The van der Waals surface area contributed by atoms with Crippen LogP contribution in [0.4, 0.5) is 5.69 Å². The van der Waals surface area contributed by atoms with E-state index in [1.165, 1.54) is 11.9 Å². The fourth-order valence-electron chi connectivity index (χ4n) is 4.30. The Hall–Kier alpha value is -3.07. The molecule has 0 bridgehead atoms. The monoisotopic (exact) mass is 603 g/mol. The molecule has 1 N–H and O–H groups in total. The lowest BCUT2D eigenvalue weighted by Crippen LogP contribution is -2.52. The number of amides is 2. The number of hydrogen-bond donors (Lipinski definition) is 1. The third-order valence-corrected chi connectivity index (χ3v) is 8.30. The smallest absolute Gasteiger partial charge is 0.244 e. The van der Waals surface area contributed by atoms with Gasteiger partial charge in [-0.1, -0.05) is 92.5 Å². The Morgan fingerprint density at radius 1 is 0.950 bits per heavy atom. The molecule has 7 nitrogen and oxygen atoms in total. The lowest BCUT2D eigenvalue weighted by Gasteiger charge is -2.33. The van der Waals surface area contributed by atoms with Gasteiger partial charge in [-0.05, 0) is 46.4 Å². The molecule has 40 heavy (non-hydrogen) atoms. The molecule has 0 aliphatic rings. The number of likely N-dealkylation sites (N-methyl/N-ethyl adjacent to an activating group) is 1. The summed E-state index contributed by atoms with van der Waals surface area (Å²) >= 11 is 12.5. The highest BCUT2D eigenvalue weighted by Gasteiger charge is 2.33. The van der Waals surface area contributed by atoms with Gasteiger partial charge in [0.05, 0.1) is 11.9 Å². The van der Waals surface area contributed by atoms with Crippen molar-refractivity contribution in [3.63, 3.8) is 0 Å². The maximum Gasteiger partial charge on any atom is 0.244 e. The number of halogens is 2. The van der Waals surface area contributed by atoms with Crippen LogP contribution in [0.2, 0.25) is 10.0 Å². The number of rotatable bonds is 10. The molecule has 0 saturated carbocycles. The van der Waals surface area contributed by atoms with Crippen molar-refractivity contribution in [2.75, 3.05) is 24.2 Å². The zero-order valence-electron chi connectivity index (χ0n) is 23.3. The number of carbonyl (C=O) groups excluding carboxylic acids is 2. The van der Waals surface area contributed by atoms with Gasteiger partial charge in [0.2, 0.25) is 21.8 Å². The van der Waals surface area contributed by atoms with Crippen LogP contribution in [0.3, 0.4) is 0 Å². The number of hydrogen-bond acceptors (Lipinski definition) is 4. The summed E-state index contributed by atoms with van der Waals surface area (Å²) in [6, 6.07) is 20.4. The SMILES string of the molecule is CNC(=O)[C@@H](Cc1ccccc1)N(Cc1ccc(Cl)cc1Cl)C(=O)CN(c1ccc(C(C)(C)C)cc1)S(C)(=O)=O. The second kappa shape index (κ2) is 13.1. The molecule has 1 atom stereocenters. The van der Waals surface area contributed by atoms with Crippen molar-refractivity contribution in [2.24, 2.45) is 0 Å². The molecular formula is C30H35Cl2N3O4S. The van der Waals surface area contributed by atoms with Gasteiger partial charge < -0.3 is 10.2 Å². The van der Waals surface area contributed by atoms with E-state index in [-0.39, 0.29) is 24.3 Å². The zero-order valence-corrected chi connectivity index (χ0v) is 25.6. The van der Waals surface area contributed by atoms with Crippen LogP contribution < -0.4 is 9.62 Å². The maximum absolute atomic E-state index is 14.0. The number of nitrogens with zero attached hydrogens (tertiary/aromatic N) is 2. The van der Waals surface area contributed by atoms with E-state index in [1.54, 1.807) is 30.3 Å². The van der Waals surface area contributed by atoms with Crippen molar-refractivity contribution in [1.82, 2.24) is 10.2 Å². The Balaban J connectivity index is 2.04. The van der Waals surface area contributed by atoms with Gasteiger partial charge in [-0.15, -0.1) is 0 Å². The summed E-state index contributed by atoms with van der Waals surface area (Å²) in [4.78, 5) is 28.6. The number of nitrogens with one attached hydrogen (secondary N) is 1. The average Bonchev–Trinajstić information content (AvgIpc) is 2.89. The normalized spacial score (nSPS) is 12.5. The summed E-state index contributed by atoms with van der Waals surface area (Å²) in [6.45, 7) is 5.66. The Morgan fingerprint density at radius 3 is 2.10 bits per heavy atom. The molecule has 0 aliphatic carbocycles. The van der Waals surface area contributed by atoms with Crippen molar-refractivity contribution >= 4 is 50.7 Å². The molecule has 0 unspecified atom stereocenters. The van der Waals surface area contributed by atoms with Crippen LogP contribution in [-0.4, -0.2) is 51.0 Å². The summed E-state index contributed by atoms with van der Waals surface area (Å²) in [7, 11) is -2.35. The molecule has 2 amide bonds. The van der Waals surface area contributed by atoms with Gasteiger partial charge in [0, 0.05) is 30.1 Å². The Labute approximate surface area is 247 Å². The number of anilines is 1. The first-order chi connectivity index (χ1) is 18.7. The summed E-state index contributed by atoms with van der Waals surface area (Å²) < 4.78 is 26.9. The topological polar surface area (TPSA) is 86.8 Å². The van der Waals surface area contributed by atoms with Crippen molar-refractivity contribution in [3.8, 4) is 0 Å². The van der Waals surface area contributed by atoms with Gasteiger partial charge in [0.25, 0.3) is 0 Å². The largest absolute Gasteiger partial charge is 0.357 e. The minimum absolute atomic E-state index is 0.0275. The van der Waals surface area contributed by atoms with Gasteiger partial charge >= 0.3 is 0 Å². The van der Waals surface area contributed by atoms with Crippen molar-refractivity contribution < 1.29 is 18.0 Å². The minimum Gasteiger partial charge on any atom is -0.357 e. The van der Waals surface area contributed by atoms with Crippen LogP contribution in [-0.2, 0) is 38.0 Å². The van der Waals surface area contributed by atoms with E-state index in [2.05, 4.69) is 26.1 Å². The fourth-order valence-corrected chi connectivity index (χ4v) is 5.61. The number of carbonyl (C=O) groups is 2. The number of benzene rings is 3. The van der Waals surface area contributed by atoms with Crippen LogP contribution in [0.1, 0.15) is 37.5 Å². The van der Waals surface area contributed by atoms with Crippen LogP contribution in [0, 0.1) is 0 Å². The maximum atomic E-state index is 14.0. The second-order valence-corrected chi connectivity index (χ2v) is 13.4. The van der Waals surface area contributed by atoms with E-state index in [1.807, 2.05) is 42.5 Å². The molecule has 3 aromatic carbocycles. The summed E-state index contributed by atoms with van der Waals surface area (Å²) in [6.07, 6.45) is 1.27. The number of sulfonamides is 1. The minimum atomic E-state index is -3.85. The van der Waals surface area contributed by atoms with E-state index in [9.17, 15) is 18.0 Å². The van der Waals surface area contributed by atoms with Gasteiger partial charge in [0.1, 0.15) is 12.6 Å². The molecule has 214 valence electrons. The third-order valence-electron chi connectivity index (χ3n) is 6.57. The van der Waals surface area contributed by atoms with E-state index in [0.717, 1.165) is 21.7 Å². The van der Waals surface area contributed by atoms with Gasteiger partial charge in [0.15, 0.2) is 0 Å². The van der Waals surface area contributed by atoms with Crippen molar-refractivity contribution in [1.29, 1.82) is 0 Å². The molecule has 0 radical (unpaired) electrons. The van der Waals surface area contributed by atoms with E-state index >= 15 is 0 Å². The Kier molecular flexibility index (Phi) is 10.3. The molecule has 0 spiro atoms. The quantitative estimate of drug-likeness (QED) is 0.334. The molecule has 0 saturated heterocycles. The molecule has 0 aromatic heterocycles. The average molecular weight is 605 g/mol. The van der Waals surface area contributed by atoms with Gasteiger partial charge in [-0.3, -0.25) is 13.9 Å². The van der Waals surface area contributed by atoms with Crippen molar-refractivity contribution in [2.45, 2.75) is 45.2 Å². The Morgan fingerprint density at radius 2 is 1.57 bits per heavy atom. The second-order valence-electron chi connectivity index (χ2n) is 10.6. The highest BCUT2D eigenvalue weighted by atomic mass is 35.5. The predicted octanol–water partition coefficient (Wildman–Crippen LogP) is 5.44. The fraction of sp³-hybridized carbons (Fsp3) is 0.333. The molecule has 0 aliphatic heterocycles. The third kappa shape index (κ3) is 8.22. The van der Waals surface area contributed by atoms with Crippen LogP contribution in [0.25, 0.3) is 0 Å². The molecular weight excluding hydrogens is 569 g/mol. The van der Waals surface area contributed by atoms with E-state index < -0.39 is 28.5 Å². The molecule has 0 heterocycles. The van der Waals surface area contributed by atoms with Crippen LogP contribution in [0.5, 0.6) is 0 Å². The van der Waals surface area contributed by atoms with Crippen molar-refractivity contribution in [3.05, 3.63) is 99.5 Å². The first-order valence-electron chi connectivity index (χ1n) is 12.8. The highest BCUT2D eigenvalue weighted by Crippen LogP contribution is 2.27. The highest BCUT2D eigenvalue weighted by molar-refractivity contribution is 7.92. The molecule has 0 fully saturated rings. The van der Waals surface area contributed by atoms with Gasteiger partial charge in [-0.25, -0.2) is 8.42 Å². The predicted molar refractivity (Wildman–Crippen MR) is 162 cm³/mol.